The molecule has 14 nitrogen and oxygen atoms in total. The highest BCUT2D eigenvalue weighted by molar-refractivity contribution is 7.99. The van der Waals surface area contributed by atoms with Crippen molar-refractivity contribution in [2.24, 2.45) is 0 Å². The number of piperidine rings is 2. The Morgan fingerprint density at radius 1 is 0.600 bits per heavy atom. The van der Waals surface area contributed by atoms with Crippen LogP contribution in [0.3, 0.4) is 0 Å². The number of thioether (sulfide) groups is 1. The molecule has 55 heavy (non-hydrogen) atoms. The number of aliphatic hydroxyl groups is 2. The molecule has 304 valence electrons. The third kappa shape index (κ3) is 13.2. The Balaban J connectivity index is 1.54. The number of anilines is 2. The van der Waals surface area contributed by atoms with Gasteiger partial charge in [-0.3, -0.25) is 0 Å². The number of aliphatic hydroxyl groups excluding tert-OH is 2. The lowest BCUT2D eigenvalue weighted by Gasteiger charge is -2.45. The maximum absolute atomic E-state index is 11.4. The van der Waals surface area contributed by atoms with Gasteiger partial charge in [-0.2, -0.15) is 41.7 Å². The summed E-state index contributed by atoms with van der Waals surface area (Å²) in [5, 5.41) is 30.2. The molecule has 0 amide bonds. The van der Waals surface area contributed by atoms with Crippen molar-refractivity contribution in [1.29, 1.82) is 0 Å². The van der Waals surface area contributed by atoms with Gasteiger partial charge in [0.15, 0.2) is 11.6 Å². The second kappa shape index (κ2) is 18.5. The second-order valence-electron chi connectivity index (χ2n) is 17.2. The van der Waals surface area contributed by atoms with Gasteiger partial charge in [-0.05, 0) is 55.4 Å². The standard InChI is InChI=1S/C40H64N10O4S/c1-13-17-49(18-14-2)33-41-31(43-35(45-33)53-27-21-37(5,6)47-38(7,8)22-27)29(51)25-55-26-30(52)32-42-34(50(19-15-3)20-16-4)46-36(44-32)54-28-23-39(9,10)48-40(11,12)24-28/h13-16,27-30,47-48,51-52H,1-4,17-26H2,5-12H3. The summed E-state index contributed by atoms with van der Waals surface area (Å²) in [7, 11) is 0. The Morgan fingerprint density at radius 3 is 1.20 bits per heavy atom. The van der Waals surface area contributed by atoms with E-state index in [-0.39, 0.29) is 69.5 Å². The van der Waals surface area contributed by atoms with Gasteiger partial charge in [0.2, 0.25) is 11.9 Å². The van der Waals surface area contributed by atoms with E-state index < -0.39 is 12.2 Å². The number of nitrogens with one attached hydrogen (secondary N) is 2. The molecule has 2 atom stereocenters. The molecule has 4 rings (SSSR count). The van der Waals surface area contributed by atoms with Crippen molar-refractivity contribution >= 4 is 23.7 Å². The van der Waals surface area contributed by atoms with E-state index in [1.54, 1.807) is 24.3 Å². The number of ether oxygens (including phenoxy) is 2. The zero-order valence-corrected chi connectivity index (χ0v) is 35.0. The summed E-state index contributed by atoms with van der Waals surface area (Å²) in [4.78, 5) is 31.5. The lowest BCUT2D eigenvalue weighted by atomic mass is 9.81. The summed E-state index contributed by atoms with van der Waals surface area (Å²) in [6, 6.07) is 0.296. The number of hydrogen-bond acceptors (Lipinski definition) is 15. The Hall–Kier alpha value is -3.63. The minimum absolute atomic E-state index is 0.148. The van der Waals surface area contributed by atoms with Crippen molar-refractivity contribution in [3.63, 3.8) is 0 Å². The lowest BCUT2D eigenvalue weighted by molar-refractivity contribution is 0.0483. The highest BCUT2D eigenvalue weighted by Gasteiger charge is 2.40. The molecule has 4 N–H and O–H groups in total. The van der Waals surface area contributed by atoms with Crippen LogP contribution < -0.4 is 29.9 Å². The third-order valence-corrected chi connectivity index (χ3v) is 10.3. The van der Waals surface area contributed by atoms with Crippen LogP contribution in [0.15, 0.2) is 50.6 Å². The van der Waals surface area contributed by atoms with Crippen LogP contribution in [0.1, 0.15) is 105 Å². The van der Waals surface area contributed by atoms with Crippen molar-refractivity contribution in [2.45, 2.75) is 128 Å². The summed E-state index contributed by atoms with van der Waals surface area (Å²) in [5.74, 6) is 1.40. The first-order valence-corrected chi connectivity index (χ1v) is 20.2. The molecule has 0 saturated carbocycles. The van der Waals surface area contributed by atoms with E-state index in [1.165, 1.54) is 11.8 Å². The Kier molecular flexibility index (Phi) is 14.9. The van der Waals surface area contributed by atoms with Gasteiger partial charge in [0.05, 0.1) is 0 Å². The van der Waals surface area contributed by atoms with Gasteiger partial charge in [0.1, 0.15) is 24.4 Å². The first kappa shape index (κ1) is 44.1. The van der Waals surface area contributed by atoms with Crippen LogP contribution in [0.5, 0.6) is 12.0 Å². The topological polar surface area (TPSA) is 167 Å². The fraction of sp³-hybridized carbons (Fsp3) is 0.650. The van der Waals surface area contributed by atoms with Gasteiger partial charge >= 0.3 is 12.0 Å². The Bertz CT molecular complexity index is 1470. The molecular weight excluding hydrogens is 717 g/mol. The molecule has 0 radical (unpaired) electrons. The van der Waals surface area contributed by atoms with Gasteiger partial charge in [-0.25, -0.2) is 0 Å². The van der Waals surface area contributed by atoms with E-state index in [0.29, 0.717) is 38.1 Å². The third-order valence-electron chi connectivity index (χ3n) is 9.20. The first-order chi connectivity index (χ1) is 25.8. The number of nitrogens with zero attached hydrogens (tertiary/aromatic N) is 8. The number of hydrogen-bond donors (Lipinski definition) is 4. The zero-order valence-electron chi connectivity index (χ0n) is 34.2. The number of rotatable bonds is 20. The number of aromatic nitrogens is 6. The monoisotopic (exact) mass is 780 g/mol. The van der Waals surface area contributed by atoms with Crippen molar-refractivity contribution in [3.05, 3.63) is 62.3 Å². The quantitative estimate of drug-likeness (QED) is 0.128. The predicted octanol–water partition coefficient (Wildman–Crippen LogP) is 5.29. The normalized spacial score (nSPS) is 20.1. The summed E-state index contributed by atoms with van der Waals surface area (Å²) in [6.07, 6.45) is 7.55. The average molecular weight is 781 g/mol. The average Bonchev–Trinajstić information content (AvgIpc) is 3.04. The first-order valence-electron chi connectivity index (χ1n) is 19.1. The second-order valence-corrected chi connectivity index (χ2v) is 18.2. The van der Waals surface area contributed by atoms with Crippen LogP contribution in [-0.4, -0.2) is 112 Å². The molecule has 2 fully saturated rings. The fourth-order valence-corrected chi connectivity index (χ4v) is 8.75. The van der Waals surface area contributed by atoms with Crippen LogP contribution in [0, 0.1) is 0 Å². The molecule has 4 heterocycles. The molecule has 0 aromatic carbocycles. The van der Waals surface area contributed by atoms with E-state index in [4.69, 9.17) is 9.47 Å². The van der Waals surface area contributed by atoms with Crippen molar-refractivity contribution in [2.75, 3.05) is 47.5 Å². The van der Waals surface area contributed by atoms with Gasteiger partial charge < -0.3 is 40.1 Å². The summed E-state index contributed by atoms with van der Waals surface area (Å²) >= 11 is 1.32. The largest absolute Gasteiger partial charge is 0.460 e. The van der Waals surface area contributed by atoms with Crippen molar-refractivity contribution in [3.8, 4) is 12.0 Å². The van der Waals surface area contributed by atoms with Gasteiger partial charge in [-0.1, -0.05) is 24.3 Å². The fourth-order valence-electron chi connectivity index (χ4n) is 7.87. The van der Waals surface area contributed by atoms with Crippen LogP contribution in [0.2, 0.25) is 0 Å². The summed E-state index contributed by atoms with van der Waals surface area (Å²) in [6.45, 7) is 34.6. The highest BCUT2D eigenvalue weighted by Crippen LogP contribution is 2.33. The smallest absolute Gasteiger partial charge is 0.321 e. The molecular formula is C40H64N10O4S. The molecule has 0 aliphatic carbocycles. The van der Waals surface area contributed by atoms with E-state index in [9.17, 15) is 10.2 Å². The van der Waals surface area contributed by atoms with Crippen LogP contribution in [0.4, 0.5) is 11.9 Å². The van der Waals surface area contributed by atoms with E-state index in [0.717, 1.165) is 25.7 Å². The predicted molar refractivity (Wildman–Crippen MR) is 222 cm³/mol. The maximum atomic E-state index is 11.4. The molecule has 2 aliphatic rings. The molecule has 0 bridgehead atoms. The van der Waals surface area contributed by atoms with Crippen LogP contribution in [-0.2, 0) is 0 Å². The van der Waals surface area contributed by atoms with E-state index >= 15 is 0 Å². The minimum atomic E-state index is -1.09. The Morgan fingerprint density at radius 2 is 0.909 bits per heavy atom. The lowest BCUT2D eigenvalue weighted by Crippen LogP contribution is -2.60. The van der Waals surface area contributed by atoms with Gasteiger partial charge in [0, 0.05) is 85.5 Å². The molecule has 2 unspecified atom stereocenters. The molecule has 2 aliphatic heterocycles. The molecule has 0 spiro atoms. The van der Waals surface area contributed by atoms with Gasteiger partial charge in [0.25, 0.3) is 0 Å². The zero-order chi connectivity index (χ0) is 40.6. The Labute approximate surface area is 332 Å². The maximum Gasteiger partial charge on any atom is 0.321 e. The molecule has 2 aromatic heterocycles. The van der Waals surface area contributed by atoms with Gasteiger partial charge in [-0.15, -0.1) is 26.3 Å². The minimum Gasteiger partial charge on any atom is -0.460 e. The van der Waals surface area contributed by atoms with Crippen LogP contribution in [0.25, 0.3) is 0 Å². The van der Waals surface area contributed by atoms with E-state index in [1.807, 2.05) is 9.80 Å². The summed E-state index contributed by atoms with van der Waals surface area (Å²) < 4.78 is 12.9. The SMILES string of the molecule is C=CCN(CC=C)c1nc(OC2CC(C)(C)NC(C)(C)C2)nc(C(O)CSCC(O)c2nc(OC3CC(C)(C)NC(C)(C)C3)nc(N(CC=C)CC=C)n2)n1. The molecule has 2 aromatic rings. The highest BCUT2D eigenvalue weighted by atomic mass is 32.2. The van der Waals surface area contributed by atoms with Crippen molar-refractivity contribution < 1.29 is 19.7 Å². The van der Waals surface area contributed by atoms with E-state index in [2.05, 4.69) is 122 Å². The molecule has 15 heteroatoms. The molecule has 2 saturated heterocycles. The van der Waals surface area contributed by atoms with Crippen LogP contribution >= 0.6 is 11.8 Å². The van der Waals surface area contributed by atoms with Crippen molar-refractivity contribution in [1.82, 2.24) is 40.5 Å². The summed E-state index contributed by atoms with van der Waals surface area (Å²) in [5.41, 5.74) is -0.600.